The molecule has 25 heavy (non-hydrogen) atoms. The second-order valence-electron chi connectivity index (χ2n) is 6.37. The van der Waals surface area contributed by atoms with Gasteiger partial charge in [0, 0.05) is 31.0 Å². The number of carbonyl (C=O) groups excluding carboxylic acids is 1. The third-order valence-electron chi connectivity index (χ3n) is 4.40. The lowest BCUT2D eigenvalue weighted by Gasteiger charge is -2.28. The fourth-order valence-corrected chi connectivity index (χ4v) is 3.04. The Hall–Kier alpha value is -2.40. The number of halogens is 1. The molecule has 0 atom stereocenters. The number of hydrogen-bond donors (Lipinski definition) is 2. The molecule has 0 radical (unpaired) electrons. The molecule has 2 aromatic rings. The van der Waals surface area contributed by atoms with E-state index in [2.05, 4.69) is 27.7 Å². The smallest absolute Gasteiger partial charge is 0.238 e. The van der Waals surface area contributed by atoms with Crippen molar-refractivity contribution in [2.24, 2.45) is 0 Å². The molecule has 1 fully saturated rings. The molecule has 2 N–H and O–H groups in total. The normalized spacial score (nSPS) is 14.4. The Morgan fingerprint density at radius 3 is 2.32 bits per heavy atom. The summed E-state index contributed by atoms with van der Waals surface area (Å²) in [4.78, 5) is 14.4. The molecule has 1 amide bonds. The van der Waals surface area contributed by atoms with Crippen molar-refractivity contribution in [1.82, 2.24) is 5.32 Å². The third kappa shape index (κ3) is 5.29. The third-order valence-corrected chi connectivity index (χ3v) is 4.40. The maximum atomic E-state index is 12.8. The van der Waals surface area contributed by atoms with Gasteiger partial charge in [-0.15, -0.1) is 0 Å². The van der Waals surface area contributed by atoms with E-state index >= 15 is 0 Å². The van der Waals surface area contributed by atoms with Gasteiger partial charge in [0.2, 0.25) is 5.91 Å². The number of piperidine rings is 1. The minimum Gasteiger partial charge on any atom is -0.372 e. The zero-order valence-corrected chi connectivity index (χ0v) is 14.3. The molecular formula is C20H24FN3O. The summed E-state index contributed by atoms with van der Waals surface area (Å²) >= 11 is 0. The summed E-state index contributed by atoms with van der Waals surface area (Å²) in [5.74, 6) is -0.345. The molecule has 4 nitrogen and oxygen atoms in total. The van der Waals surface area contributed by atoms with Crippen LogP contribution in [0.5, 0.6) is 0 Å². The van der Waals surface area contributed by atoms with Crippen molar-refractivity contribution in [3.8, 4) is 0 Å². The average molecular weight is 341 g/mol. The van der Waals surface area contributed by atoms with E-state index in [4.69, 9.17) is 0 Å². The van der Waals surface area contributed by atoms with Crippen LogP contribution in [-0.4, -0.2) is 25.5 Å². The van der Waals surface area contributed by atoms with Crippen LogP contribution in [0.25, 0.3) is 0 Å². The molecule has 1 aliphatic heterocycles. The Morgan fingerprint density at radius 2 is 1.64 bits per heavy atom. The Morgan fingerprint density at radius 1 is 0.960 bits per heavy atom. The SMILES string of the molecule is O=C(CNCc1ccc(F)cc1)Nc1ccc(N2CCCCC2)cc1. The highest BCUT2D eigenvalue weighted by atomic mass is 19.1. The zero-order chi connectivity index (χ0) is 17.5. The van der Waals surface area contributed by atoms with Gasteiger partial charge < -0.3 is 15.5 Å². The van der Waals surface area contributed by atoms with Gasteiger partial charge in [0.25, 0.3) is 0 Å². The number of anilines is 2. The predicted molar refractivity (Wildman–Crippen MR) is 99.2 cm³/mol. The molecule has 0 bridgehead atoms. The van der Waals surface area contributed by atoms with E-state index in [9.17, 15) is 9.18 Å². The number of hydrogen-bond acceptors (Lipinski definition) is 3. The van der Waals surface area contributed by atoms with Crippen molar-refractivity contribution in [2.45, 2.75) is 25.8 Å². The lowest BCUT2D eigenvalue weighted by atomic mass is 10.1. The zero-order valence-electron chi connectivity index (χ0n) is 14.3. The topological polar surface area (TPSA) is 44.4 Å². The number of carbonyl (C=O) groups is 1. The van der Waals surface area contributed by atoms with Crippen LogP contribution in [0, 0.1) is 5.82 Å². The maximum Gasteiger partial charge on any atom is 0.238 e. The molecule has 0 spiro atoms. The lowest BCUT2D eigenvalue weighted by Crippen LogP contribution is -2.29. The Balaban J connectivity index is 1.43. The van der Waals surface area contributed by atoms with Crippen LogP contribution in [0.1, 0.15) is 24.8 Å². The number of amides is 1. The fraction of sp³-hybridized carbons (Fsp3) is 0.350. The Labute approximate surface area is 148 Å². The largest absolute Gasteiger partial charge is 0.372 e. The molecule has 0 aromatic heterocycles. The first-order valence-electron chi connectivity index (χ1n) is 8.81. The first kappa shape index (κ1) is 17.4. The summed E-state index contributed by atoms with van der Waals surface area (Å²) in [6, 6.07) is 14.3. The van der Waals surface area contributed by atoms with E-state index in [0.29, 0.717) is 6.54 Å². The van der Waals surface area contributed by atoms with E-state index in [0.717, 1.165) is 24.3 Å². The summed E-state index contributed by atoms with van der Waals surface area (Å²) in [5.41, 5.74) is 2.96. The molecule has 1 saturated heterocycles. The van der Waals surface area contributed by atoms with Crippen LogP contribution in [-0.2, 0) is 11.3 Å². The summed E-state index contributed by atoms with van der Waals surface area (Å²) in [7, 11) is 0. The molecule has 132 valence electrons. The lowest BCUT2D eigenvalue weighted by molar-refractivity contribution is -0.115. The standard InChI is InChI=1S/C20H24FN3O/c21-17-6-4-16(5-7-17)14-22-15-20(25)23-18-8-10-19(11-9-18)24-12-2-1-3-13-24/h4-11,22H,1-3,12-15H2,(H,23,25). The minimum atomic E-state index is -0.255. The van der Waals surface area contributed by atoms with E-state index < -0.39 is 0 Å². The van der Waals surface area contributed by atoms with Crippen LogP contribution in [0.15, 0.2) is 48.5 Å². The number of rotatable bonds is 6. The molecule has 1 heterocycles. The van der Waals surface area contributed by atoms with Gasteiger partial charge >= 0.3 is 0 Å². The van der Waals surface area contributed by atoms with Gasteiger partial charge in [-0.05, 0) is 61.2 Å². The minimum absolute atomic E-state index is 0.0900. The predicted octanol–water partition coefficient (Wildman–Crippen LogP) is 3.54. The first-order chi connectivity index (χ1) is 12.2. The monoisotopic (exact) mass is 341 g/mol. The highest BCUT2D eigenvalue weighted by Crippen LogP contribution is 2.21. The van der Waals surface area contributed by atoms with Crippen LogP contribution in [0.2, 0.25) is 0 Å². The Kier molecular flexibility index (Phi) is 6.01. The molecule has 5 heteroatoms. The fourth-order valence-electron chi connectivity index (χ4n) is 3.04. The van der Waals surface area contributed by atoms with Crippen molar-refractivity contribution in [3.63, 3.8) is 0 Å². The number of benzene rings is 2. The number of nitrogens with zero attached hydrogens (tertiary/aromatic N) is 1. The molecule has 2 aromatic carbocycles. The molecule has 1 aliphatic rings. The van der Waals surface area contributed by atoms with Crippen molar-refractivity contribution in [3.05, 3.63) is 59.9 Å². The van der Waals surface area contributed by atoms with Crippen molar-refractivity contribution in [1.29, 1.82) is 0 Å². The maximum absolute atomic E-state index is 12.8. The molecule has 0 unspecified atom stereocenters. The summed E-state index contributed by atoms with van der Waals surface area (Å²) in [5, 5.41) is 5.95. The summed E-state index contributed by atoms with van der Waals surface area (Å²) in [6.07, 6.45) is 3.81. The van der Waals surface area contributed by atoms with Gasteiger partial charge in [-0.2, -0.15) is 0 Å². The first-order valence-corrected chi connectivity index (χ1v) is 8.81. The van der Waals surface area contributed by atoms with Crippen molar-refractivity contribution >= 4 is 17.3 Å². The molecule has 0 aliphatic carbocycles. The van der Waals surface area contributed by atoms with E-state index in [1.165, 1.54) is 37.1 Å². The molecular weight excluding hydrogens is 317 g/mol. The average Bonchev–Trinajstić information content (AvgIpc) is 2.65. The summed E-state index contributed by atoms with van der Waals surface area (Å²) < 4.78 is 12.8. The highest BCUT2D eigenvalue weighted by Gasteiger charge is 2.10. The highest BCUT2D eigenvalue weighted by molar-refractivity contribution is 5.92. The quantitative estimate of drug-likeness (QED) is 0.845. The molecule has 3 rings (SSSR count). The van der Waals surface area contributed by atoms with Crippen molar-refractivity contribution < 1.29 is 9.18 Å². The van der Waals surface area contributed by atoms with Gasteiger partial charge in [-0.25, -0.2) is 4.39 Å². The Bertz CT molecular complexity index is 679. The van der Waals surface area contributed by atoms with E-state index in [-0.39, 0.29) is 18.3 Å². The van der Waals surface area contributed by atoms with E-state index in [1.54, 1.807) is 12.1 Å². The second-order valence-corrected chi connectivity index (χ2v) is 6.37. The van der Waals surface area contributed by atoms with Gasteiger partial charge in [-0.1, -0.05) is 12.1 Å². The second kappa shape index (κ2) is 8.62. The van der Waals surface area contributed by atoms with Crippen molar-refractivity contribution in [2.75, 3.05) is 29.9 Å². The van der Waals surface area contributed by atoms with Gasteiger partial charge in [-0.3, -0.25) is 4.79 Å². The molecule has 0 saturated carbocycles. The van der Waals surface area contributed by atoms with Gasteiger partial charge in [0.05, 0.1) is 6.54 Å². The van der Waals surface area contributed by atoms with Crippen LogP contribution in [0.3, 0.4) is 0 Å². The van der Waals surface area contributed by atoms with Gasteiger partial charge in [0.15, 0.2) is 0 Å². The van der Waals surface area contributed by atoms with E-state index in [1.807, 2.05) is 12.1 Å². The van der Waals surface area contributed by atoms with Crippen LogP contribution in [0.4, 0.5) is 15.8 Å². The van der Waals surface area contributed by atoms with Gasteiger partial charge in [0.1, 0.15) is 5.82 Å². The summed E-state index contributed by atoms with van der Waals surface area (Å²) in [6.45, 7) is 2.96. The van der Waals surface area contributed by atoms with Crippen LogP contribution < -0.4 is 15.5 Å². The van der Waals surface area contributed by atoms with Crippen LogP contribution >= 0.6 is 0 Å². The number of nitrogens with one attached hydrogen (secondary N) is 2.